The van der Waals surface area contributed by atoms with Crippen molar-refractivity contribution in [1.82, 2.24) is 16.0 Å². The molecule has 0 fully saturated rings. The van der Waals surface area contributed by atoms with Gasteiger partial charge in [-0.25, -0.2) is 4.79 Å². The molecule has 0 saturated carbocycles. The molecular weight excluding hydrogens is 178 g/mol. The minimum Gasteiger partial charge on any atom is -0.386 e. The van der Waals surface area contributed by atoms with Crippen molar-refractivity contribution in [1.29, 1.82) is 0 Å². The van der Waals surface area contributed by atoms with Gasteiger partial charge in [0.15, 0.2) is 0 Å². The standard InChI is InChI=1S/C10H19N3O/c1-8(2)4-3-5-11-9-6-12-10(14)13-7-9/h6,8,11H,3-5,7H2,1-2H3,(H2,12,13,14). The van der Waals surface area contributed by atoms with Crippen molar-refractivity contribution in [3.8, 4) is 0 Å². The molecule has 0 bridgehead atoms. The SMILES string of the molecule is CC(C)CCCNC1=CNC(=O)NC1. The Morgan fingerprint density at radius 2 is 2.36 bits per heavy atom. The molecule has 1 aliphatic heterocycles. The maximum atomic E-state index is 10.7. The van der Waals surface area contributed by atoms with Crippen molar-refractivity contribution in [3.63, 3.8) is 0 Å². The third-order valence-electron chi connectivity index (χ3n) is 2.13. The fraction of sp³-hybridized carbons (Fsp3) is 0.700. The van der Waals surface area contributed by atoms with Crippen molar-refractivity contribution in [2.75, 3.05) is 13.1 Å². The summed E-state index contributed by atoms with van der Waals surface area (Å²) in [7, 11) is 0. The molecule has 3 N–H and O–H groups in total. The van der Waals surface area contributed by atoms with E-state index in [9.17, 15) is 4.79 Å². The van der Waals surface area contributed by atoms with Crippen molar-refractivity contribution in [3.05, 3.63) is 11.9 Å². The minimum absolute atomic E-state index is 0.127. The van der Waals surface area contributed by atoms with Crippen LogP contribution in [-0.2, 0) is 0 Å². The first-order valence-electron chi connectivity index (χ1n) is 5.16. The Balaban J connectivity index is 2.10. The van der Waals surface area contributed by atoms with Gasteiger partial charge >= 0.3 is 6.03 Å². The maximum Gasteiger partial charge on any atom is 0.319 e. The van der Waals surface area contributed by atoms with Crippen LogP contribution in [0.4, 0.5) is 4.79 Å². The van der Waals surface area contributed by atoms with Gasteiger partial charge in [-0.1, -0.05) is 13.8 Å². The van der Waals surface area contributed by atoms with Crippen LogP contribution in [0.3, 0.4) is 0 Å². The van der Waals surface area contributed by atoms with Crippen LogP contribution in [0.2, 0.25) is 0 Å². The summed E-state index contributed by atoms with van der Waals surface area (Å²) in [5.41, 5.74) is 1.05. The smallest absolute Gasteiger partial charge is 0.319 e. The normalized spacial score (nSPS) is 15.9. The molecule has 1 rings (SSSR count). The lowest BCUT2D eigenvalue weighted by atomic mass is 10.1. The van der Waals surface area contributed by atoms with Crippen LogP contribution in [0.5, 0.6) is 0 Å². The van der Waals surface area contributed by atoms with Crippen molar-refractivity contribution >= 4 is 6.03 Å². The predicted octanol–water partition coefficient (Wildman–Crippen LogP) is 1.17. The lowest BCUT2D eigenvalue weighted by Crippen LogP contribution is -2.41. The first-order valence-corrected chi connectivity index (χ1v) is 5.16. The number of carbonyl (C=O) groups excluding carboxylic acids is 1. The molecule has 4 nitrogen and oxygen atoms in total. The van der Waals surface area contributed by atoms with E-state index in [2.05, 4.69) is 29.8 Å². The molecule has 0 unspecified atom stereocenters. The van der Waals surface area contributed by atoms with Gasteiger partial charge < -0.3 is 16.0 Å². The van der Waals surface area contributed by atoms with Crippen molar-refractivity contribution in [2.45, 2.75) is 26.7 Å². The van der Waals surface area contributed by atoms with E-state index < -0.39 is 0 Å². The van der Waals surface area contributed by atoms with Crippen LogP contribution in [0.1, 0.15) is 26.7 Å². The van der Waals surface area contributed by atoms with Gasteiger partial charge in [0, 0.05) is 18.4 Å². The molecule has 0 aromatic carbocycles. The van der Waals surface area contributed by atoms with E-state index >= 15 is 0 Å². The van der Waals surface area contributed by atoms with Gasteiger partial charge in [0.2, 0.25) is 0 Å². The molecule has 0 aliphatic carbocycles. The van der Waals surface area contributed by atoms with Gasteiger partial charge in [0.1, 0.15) is 0 Å². The second-order valence-electron chi connectivity index (χ2n) is 3.96. The highest BCUT2D eigenvalue weighted by Crippen LogP contribution is 2.02. The maximum absolute atomic E-state index is 10.7. The number of hydrogen-bond donors (Lipinski definition) is 3. The third kappa shape index (κ3) is 4.16. The summed E-state index contributed by atoms with van der Waals surface area (Å²) < 4.78 is 0. The number of urea groups is 1. The van der Waals surface area contributed by atoms with Crippen LogP contribution in [0.15, 0.2) is 11.9 Å². The van der Waals surface area contributed by atoms with Crippen molar-refractivity contribution in [2.24, 2.45) is 5.92 Å². The highest BCUT2D eigenvalue weighted by Gasteiger charge is 2.06. The third-order valence-corrected chi connectivity index (χ3v) is 2.13. The van der Waals surface area contributed by atoms with E-state index in [1.54, 1.807) is 6.20 Å². The van der Waals surface area contributed by atoms with Crippen LogP contribution in [-0.4, -0.2) is 19.1 Å². The number of amides is 2. The quantitative estimate of drug-likeness (QED) is 0.579. The zero-order valence-corrected chi connectivity index (χ0v) is 8.89. The van der Waals surface area contributed by atoms with Crippen LogP contribution in [0.25, 0.3) is 0 Å². The molecule has 0 spiro atoms. The fourth-order valence-corrected chi connectivity index (χ4v) is 1.30. The topological polar surface area (TPSA) is 53.2 Å². The van der Waals surface area contributed by atoms with Crippen molar-refractivity contribution < 1.29 is 4.79 Å². The summed E-state index contributed by atoms with van der Waals surface area (Å²) in [6.45, 7) is 6.03. The van der Waals surface area contributed by atoms with Gasteiger partial charge in [-0.2, -0.15) is 0 Å². The Morgan fingerprint density at radius 1 is 1.57 bits per heavy atom. The Hall–Kier alpha value is -1.19. The summed E-state index contributed by atoms with van der Waals surface area (Å²) >= 11 is 0. The fourth-order valence-electron chi connectivity index (χ4n) is 1.30. The summed E-state index contributed by atoms with van der Waals surface area (Å²) in [6.07, 6.45) is 4.14. The van der Waals surface area contributed by atoms with E-state index in [4.69, 9.17) is 0 Å². The average molecular weight is 197 g/mol. The van der Waals surface area contributed by atoms with Gasteiger partial charge in [-0.15, -0.1) is 0 Å². The zero-order chi connectivity index (χ0) is 10.4. The van der Waals surface area contributed by atoms with E-state index in [1.165, 1.54) is 12.8 Å². The molecule has 14 heavy (non-hydrogen) atoms. The Morgan fingerprint density at radius 3 is 2.93 bits per heavy atom. The molecular formula is C10H19N3O. The lowest BCUT2D eigenvalue weighted by Gasteiger charge is -2.16. The van der Waals surface area contributed by atoms with Gasteiger partial charge in [-0.05, 0) is 18.8 Å². The Bertz CT molecular complexity index is 223. The summed E-state index contributed by atoms with van der Waals surface area (Å²) in [4.78, 5) is 10.7. The molecule has 80 valence electrons. The highest BCUT2D eigenvalue weighted by atomic mass is 16.2. The van der Waals surface area contributed by atoms with Crippen LogP contribution < -0.4 is 16.0 Å². The van der Waals surface area contributed by atoms with E-state index in [0.29, 0.717) is 6.54 Å². The summed E-state index contributed by atoms with van der Waals surface area (Å²) in [5, 5.41) is 8.59. The molecule has 1 heterocycles. The van der Waals surface area contributed by atoms with Gasteiger partial charge in [0.25, 0.3) is 0 Å². The number of rotatable bonds is 5. The monoisotopic (exact) mass is 197 g/mol. The van der Waals surface area contributed by atoms with E-state index in [-0.39, 0.29) is 6.03 Å². The minimum atomic E-state index is -0.127. The Labute approximate surface area is 85.1 Å². The first-order chi connectivity index (χ1) is 6.68. The van der Waals surface area contributed by atoms with E-state index in [0.717, 1.165) is 18.2 Å². The number of carbonyl (C=O) groups is 1. The van der Waals surface area contributed by atoms with Gasteiger partial charge in [-0.3, -0.25) is 0 Å². The molecule has 1 aliphatic rings. The first kappa shape index (κ1) is 10.9. The number of hydrogen-bond acceptors (Lipinski definition) is 2. The highest BCUT2D eigenvalue weighted by molar-refractivity contribution is 5.76. The molecule has 0 saturated heterocycles. The molecule has 0 aromatic rings. The second kappa shape index (κ2) is 5.52. The summed E-state index contributed by atoms with van der Waals surface area (Å²) in [6, 6.07) is -0.127. The molecule has 0 atom stereocenters. The Kier molecular flexibility index (Phi) is 4.29. The molecule has 4 heteroatoms. The van der Waals surface area contributed by atoms with Crippen LogP contribution >= 0.6 is 0 Å². The van der Waals surface area contributed by atoms with Gasteiger partial charge in [0.05, 0.1) is 6.54 Å². The van der Waals surface area contributed by atoms with Crippen LogP contribution in [0, 0.1) is 5.92 Å². The lowest BCUT2D eigenvalue weighted by molar-refractivity contribution is 0.243. The number of nitrogens with one attached hydrogen (secondary N) is 3. The second-order valence-corrected chi connectivity index (χ2v) is 3.96. The van der Waals surface area contributed by atoms with E-state index in [1.807, 2.05) is 0 Å². The summed E-state index contributed by atoms with van der Waals surface area (Å²) in [5.74, 6) is 0.759. The average Bonchev–Trinajstić information content (AvgIpc) is 2.15. The predicted molar refractivity (Wildman–Crippen MR) is 56.7 cm³/mol. The molecule has 0 radical (unpaired) electrons. The zero-order valence-electron chi connectivity index (χ0n) is 8.89. The molecule has 0 aromatic heterocycles. The molecule has 2 amide bonds. The largest absolute Gasteiger partial charge is 0.386 e.